The fraction of sp³-hybridized carbons (Fsp3) is 0.176. The molecule has 0 atom stereocenters. The van der Waals surface area contributed by atoms with Crippen LogP contribution in [0.2, 0.25) is 10.0 Å². The summed E-state index contributed by atoms with van der Waals surface area (Å²) in [5, 5.41) is 0.900. The van der Waals surface area contributed by atoms with Gasteiger partial charge in [-0.25, -0.2) is 4.39 Å². The third kappa shape index (κ3) is 6.25. The van der Waals surface area contributed by atoms with E-state index in [0.717, 1.165) is 12.1 Å². The van der Waals surface area contributed by atoms with Crippen LogP contribution in [0.3, 0.4) is 0 Å². The Balaban J connectivity index is 1.67. The van der Waals surface area contributed by atoms with Gasteiger partial charge in [0, 0.05) is 17.0 Å². The van der Waals surface area contributed by atoms with Gasteiger partial charge in [0.2, 0.25) is 5.91 Å². The fourth-order valence-corrected chi connectivity index (χ4v) is 2.33. The van der Waals surface area contributed by atoms with Crippen molar-refractivity contribution >= 4 is 35.0 Å². The van der Waals surface area contributed by atoms with E-state index in [1.54, 1.807) is 18.2 Å². The van der Waals surface area contributed by atoms with E-state index in [1.807, 2.05) is 0 Å². The van der Waals surface area contributed by atoms with Crippen molar-refractivity contribution in [2.75, 3.05) is 6.61 Å². The van der Waals surface area contributed by atoms with Crippen LogP contribution in [0.15, 0.2) is 42.5 Å². The first-order valence-electron chi connectivity index (χ1n) is 7.38. The van der Waals surface area contributed by atoms with Crippen molar-refractivity contribution in [1.29, 1.82) is 0 Å². The summed E-state index contributed by atoms with van der Waals surface area (Å²) < 4.78 is 18.2. The molecule has 0 aliphatic carbocycles. The van der Waals surface area contributed by atoms with Crippen molar-refractivity contribution in [3.63, 3.8) is 0 Å². The number of hydrazine groups is 1. The number of hydrogen-bond acceptors (Lipinski definition) is 3. The summed E-state index contributed by atoms with van der Waals surface area (Å²) in [6, 6.07) is 9.83. The van der Waals surface area contributed by atoms with Gasteiger partial charge in [-0.1, -0.05) is 23.2 Å². The molecule has 8 heteroatoms. The molecular weight excluding hydrogens is 370 g/mol. The molecule has 0 bridgehead atoms. The Hall–Kier alpha value is -2.31. The number of halogens is 3. The van der Waals surface area contributed by atoms with Gasteiger partial charge in [-0.2, -0.15) is 0 Å². The van der Waals surface area contributed by atoms with Crippen LogP contribution < -0.4 is 15.6 Å². The van der Waals surface area contributed by atoms with E-state index in [2.05, 4.69) is 10.9 Å². The summed E-state index contributed by atoms with van der Waals surface area (Å²) in [5.74, 6) is -0.865. The quantitative estimate of drug-likeness (QED) is 0.588. The lowest BCUT2D eigenvalue weighted by molar-refractivity contribution is -0.122. The molecule has 0 radical (unpaired) electrons. The number of rotatable bonds is 6. The van der Waals surface area contributed by atoms with Crippen LogP contribution in [-0.2, 0) is 4.79 Å². The van der Waals surface area contributed by atoms with Gasteiger partial charge in [0.1, 0.15) is 11.6 Å². The second kappa shape index (κ2) is 9.25. The number of hydrogen-bond donors (Lipinski definition) is 2. The standard InChI is InChI=1S/C17H15Cl2FN2O3/c18-12-5-8-15(14(19)10-12)25-9-1-2-16(23)21-22-17(24)11-3-6-13(20)7-4-11/h3-8,10H,1-2,9H2,(H,21,23)(H,22,24). The minimum absolute atomic E-state index is 0.148. The van der Waals surface area contributed by atoms with Gasteiger partial charge in [0.15, 0.2) is 0 Å². The summed E-state index contributed by atoms with van der Waals surface area (Å²) >= 11 is 11.8. The monoisotopic (exact) mass is 384 g/mol. The minimum atomic E-state index is -0.530. The average molecular weight is 385 g/mol. The maximum atomic E-state index is 12.8. The average Bonchev–Trinajstić information content (AvgIpc) is 2.58. The van der Waals surface area contributed by atoms with Crippen molar-refractivity contribution in [3.8, 4) is 5.75 Å². The molecule has 0 aliphatic heterocycles. The number of ether oxygens (including phenoxy) is 1. The van der Waals surface area contributed by atoms with Gasteiger partial charge in [-0.3, -0.25) is 20.4 Å². The number of amides is 2. The highest BCUT2D eigenvalue weighted by atomic mass is 35.5. The topological polar surface area (TPSA) is 67.4 Å². The van der Waals surface area contributed by atoms with Crippen molar-refractivity contribution < 1.29 is 18.7 Å². The highest BCUT2D eigenvalue weighted by Crippen LogP contribution is 2.27. The summed E-state index contributed by atoms with van der Waals surface area (Å²) in [6.07, 6.45) is 0.576. The molecule has 0 saturated carbocycles. The zero-order chi connectivity index (χ0) is 18.2. The third-order valence-electron chi connectivity index (χ3n) is 3.12. The van der Waals surface area contributed by atoms with Crippen LogP contribution in [0.5, 0.6) is 5.75 Å². The first-order chi connectivity index (χ1) is 12.0. The molecule has 2 aromatic rings. The van der Waals surface area contributed by atoms with Crippen molar-refractivity contribution in [2.45, 2.75) is 12.8 Å². The summed E-state index contributed by atoms with van der Waals surface area (Å²) in [5.41, 5.74) is 4.77. The molecular formula is C17H15Cl2FN2O3. The molecule has 0 aromatic heterocycles. The van der Waals surface area contributed by atoms with Gasteiger partial charge in [0.25, 0.3) is 5.91 Å². The predicted octanol–water partition coefficient (Wildman–Crippen LogP) is 3.75. The van der Waals surface area contributed by atoms with Gasteiger partial charge in [0.05, 0.1) is 11.6 Å². The molecule has 5 nitrogen and oxygen atoms in total. The minimum Gasteiger partial charge on any atom is -0.492 e. The zero-order valence-corrected chi connectivity index (χ0v) is 14.5. The number of carbonyl (C=O) groups excluding carboxylic acids is 2. The molecule has 2 aromatic carbocycles. The fourth-order valence-electron chi connectivity index (χ4n) is 1.87. The van der Waals surface area contributed by atoms with Crippen LogP contribution >= 0.6 is 23.2 Å². The van der Waals surface area contributed by atoms with Crippen molar-refractivity contribution in [3.05, 3.63) is 63.9 Å². The lowest BCUT2D eigenvalue weighted by atomic mass is 10.2. The van der Waals surface area contributed by atoms with Crippen molar-refractivity contribution in [2.24, 2.45) is 0 Å². The summed E-state index contributed by atoms with van der Waals surface area (Å²) in [6.45, 7) is 0.278. The van der Waals surface area contributed by atoms with E-state index >= 15 is 0 Å². The molecule has 0 fully saturated rings. The lowest BCUT2D eigenvalue weighted by Gasteiger charge is -2.09. The molecule has 2 N–H and O–H groups in total. The van der Waals surface area contributed by atoms with E-state index in [-0.39, 0.29) is 24.5 Å². The Bertz CT molecular complexity index is 754. The first-order valence-corrected chi connectivity index (χ1v) is 8.14. The van der Waals surface area contributed by atoms with E-state index in [0.29, 0.717) is 22.2 Å². The van der Waals surface area contributed by atoms with E-state index in [9.17, 15) is 14.0 Å². The molecule has 2 rings (SSSR count). The van der Waals surface area contributed by atoms with Crippen LogP contribution in [-0.4, -0.2) is 18.4 Å². The molecule has 0 saturated heterocycles. The van der Waals surface area contributed by atoms with Crippen molar-refractivity contribution in [1.82, 2.24) is 10.9 Å². The highest BCUT2D eigenvalue weighted by molar-refractivity contribution is 6.35. The van der Waals surface area contributed by atoms with Gasteiger partial charge in [-0.05, 0) is 48.9 Å². The van der Waals surface area contributed by atoms with Gasteiger partial charge in [-0.15, -0.1) is 0 Å². The summed E-state index contributed by atoms with van der Waals surface area (Å²) in [4.78, 5) is 23.4. The molecule has 0 heterocycles. The Labute approximate surface area is 154 Å². The Morgan fingerprint density at radius 2 is 1.76 bits per heavy atom. The number of nitrogens with one attached hydrogen (secondary N) is 2. The smallest absolute Gasteiger partial charge is 0.269 e. The van der Waals surface area contributed by atoms with E-state index < -0.39 is 11.7 Å². The SMILES string of the molecule is O=C(CCCOc1ccc(Cl)cc1Cl)NNC(=O)c1ccc(F)cc1. The Morgan fingerprint density at radius 3 is 2.44 bits per heavy atom. The molecule has 132 valence electrons. The van der Waals surface area contributed by atoms with Crippen LogP contribution in [0.4, 0.5) is 4.39 Å². The predicted molar refractivity (Wildman–Crippen MR) is 93.2 cm³/mol. The second-order valence-electron chi connectivity index (χ2n) is 5.04. The third-order valence-corrected chi connectivity index (χ3v) is 3.65. The number of benzene rings is 2. The van der Waals surface area contributed by atoms with Crippen LogP contribution in [0, 0.1) is 5.82 Å². The molecule has 0 aliphatic rings. The van der Waals surface area contributed by atoms with Gasteiger partial charge < -0.3 is 4.74 Å². The van der Waals surface area contributed by atoms with E-state index in [1.165, 1.54) is 12.1 Å². The Morgan fingerprint density at radius 1 is 1.04 bits per heavy atom. The lowest BCUT2D eigenvalue weighted by Crippen LogP contribution is -2.41. The van der Waals surface area contributed by atoms with Crippen LogP contribution in [0.1, 0.15) is 23.2 Å². The maximum Gasteiger partial charge on any atom is 0.269 e. The van der Waals surface area contributed by atoms with Gasteiger partial charge >= 0.3 is 0 Å². The zero-order valence-electron chi connectivity index (χ0n) is 13.0. The maximum absolute atomic E-state index is 12.8. The first kappa shape index (κ1) is 19.0. The largest absolute Gasteiger partial charge is 0.492 e. The highest BCUT2D eigenvalue weighted by Gasteiger charge is 2.08. The molecule has 2 amide bonds. The normalized spacial score (nSPS) is 10.2. The summed E-state index contributed by atoms with van der Waals surface area (Å²) in [7, 11) is 0. The molecule has 0 unspecified atom stereocenters. The van der Waals surface area contributed by atoms with Crippen LogP contribution in [0.25, 0.3) is 0 Å². The Kier molecular flexibility index (Phi) is 7.03. The second-order valence-corrected chi connectivity index (χ2v) is 5.88. The number of carbonyl (C=O) groups is 2. The van der Waals surface area contributed by atoms with E-state index in [4.69, 9.17) is 27.9 Å². The molecule has 25 heavy (non-hydrogen) atoms. The molecule has 0 spiro atoms.